The average molecular weight is 447 g/mol. The molecule has 9 heteroatoms. The normalized spacial score (nSPS) is 14.2. The number of benzene rings is 2. The third-order valence-corrected chi connectivity index (χ3v) is 5.33. The standard InChI is InChI=1S/C24H26N6O3/c1-33-21-8-2-5-18(15-21)17-27-24(28-20-7-3-6-19(16-20)22(31)32)30-13-11-29(12-14-30)23-25-9-4-10-26-23/h2-10,15-16H,11-14,17H2,1H3,(H,27,28)(H,31,32). The lowest BCUT2D eigenvalue weighted by Crippen LogP contribution is -2.51. The second-order valence-electron chi connectivity index (χ2n) is 7.53. The van der Waals surface area contributed by atoms with Crippen molar-refractivity contribution in [2.75, 3.05) is 43.5 Å². The van der Waals surface area contributed by atoms with Gasteiger partial charge >= 0.3 is 5.97 Å². The number of piperazine rings is 1. The summed E-state index contributed by atoms with van der Waals surface area (Å²) in [5, 5.41) is 12.7. The molecule has 1 aliphatic rings. The Morgan fingerprint density at radius 3 is 2.55 bits per heavy atom. The molecule has 0 saturated carbocycles. The van der Waals surface area contributed by atoms with Crippen molar-refractivity contribution in [1.29, 1.82) is 0 Å². The predicted molar refractivity (Wildman–Crippen MR) is 127 cm³/mol. The van der Waals surface area contributed by atoms with Gasteiger partial charge in [-0.05, 0) is 42.0 Å². The van der Waals surface area contributed by atoms with Crippen LogP contribution in [-0.2, 0) is 6.54 Å². The van der Waals surface area contributed by atoms with Crippen molar-refractivity contribution in [3.63, 3.8) is 0 Å². The maximum absolute atomic E-state index is 11.4. The monoisotopic (exact) mass is 446 g/mol. The third-order valence-electron chi connectivity index (χ3n) is 5.33. The SMILES string of the molecule is COc1cccc(CN=C(Nc2cccc(C(=O)O)c2)N2CCN(c3ncccn3)CC2)c1. The number of rotatable bonds is 6. The molecule has 0 radical (unpaired) electrons. The molecular formula is C24H26N6O3. The summed E-state index contributed by atoms with van der Waals surface area (Å²) in [4.78, 5) is 29.2. The average Bonchev–Trinajstić information content (AvgIpc) is 2.87. The highest BCUT2D eigenvalue weighted by Crippen LogP contribution is 2.17. The zero-order valence-corrected chi connectivity index (χ0v) is 18.4. The van der Waals surface area contributed by atoms with Gasteiger partial charge in [-0.2, -0.15) is 0 Å². The fourth-order valence-corrected chi connectivity index (χ4v) is 3.59. The zero-order chi connectivity index (χ0) is 23.0. The summed E-state index contributed by atoms with van der Waals surface area (Å²) >= 11 is 0. The van der Waals surface area contributed by atoms with E-state index in [1.807, 2.05) is 30.3 Å². The van der Waals surface area contributed by atoms with Crippen LogP contribution in [0.4, 0.5) is 11.6 Å². The van der Waals surface area contributed by atoms with E-state index in [2.05, 4.69) is 25.1 Å². The molecule has 0 unspecified atom stereocenters. The molecule has 2 heterocycles. The fraction of sp³-hybridized carbons (Fsp3) is 0.250. The summed E-state index contributed by atoms with van der Waals surface area (Å²) < 4.78 is 5.32. The third kappa shape index (κ3) is 5.76. The number of carboxylic acid groups (broad SMARTS) is 1. The number of ether oxygens (including phenoxy) is 1. The second-order valence-corrected chi connectivity index (χ2v) is 7.53. The Morgan fingerprint density at radius 1 is 1.06 bits per heavy atom. The Hall–Kier alpha value is -4.14. The topological polar surface area (TPSA) is 103 Å². The van der Waals surface area contributed by atoms with Crippen LogP contribution in [0.15, 0.2) is 72.0 Å². The molecule has 1 aliphatic heterocycles. The molecule has 0 amide bonds. The Labute approximate surface area is 192 Å². The van der Waals surface area contributed by atoms with Crippen LogP contribution in [0.1, 0.15) is 15.9 Å². The number of nitrogens with one attached hydrogen (secondary N) is 1. The molecule has 0 aliphatic carbocycles. The largest absolute Gasteiger partial charge is 0.497 e. The van der Waals surface area contributed by atoms with Crippen molar-refractivity contribution in [3.8, 4) is 5.75 Å². The minimum atomic E-state index is -0.968. The van der Waals surface area contributed by atoms with Crippen molar-refractivity contribution in [2.24, 2.45) is 4.99 Å². The lowest BCUT2D eigenvalue weighted by atomic mass is 10.2. The number of guanidine groups is 1. The number of nitrogens with zero attached hydrogens (tertiary/aromatic N) is 5. The molecule has 0 spiro atoms. The van der Waals surface area contributed by atoms with Gasteiger partial charge in [0.15, 0.2) is 5.96 Å². The first kappa shape index (κ1) is 22.1. The van der Waals surface area contributed by atoms with E-state index in [4.69, 9.17) is 9.73 Å². The fourth-order valence-electron chi connectivity index (χ4n) is 3.59. The molecular weight excluding hydrogens is 420 g/mol. The Kier molecular flexibility index (Phi) is 6.99. The molecule has 0 bridgehead atoms. The van der Waals surface area contributed by atoms with E-state index in [0.717, 1.165) is 37.5 Å². The van der Waals surface area contributed by atoms with Crippen LogP contribution in [0.5, 0.6) is 5.75 Å². The van der Waals surface area contributed by atoms with Crippen LogP contribution in [0.3, 0.4) is 0 Å². The van der Waals surface area contributed by atoms with Gasteiger partial charge < -0.3 is 25.0 Å². The summed E-state index contributed by atoms with van der Waals surface area (Å²) in [6, 6.07) is 16.3. The molecule has 9 nitrogen and oxygen atoms in total. The molecule has 3 aromatic rings. The number of aromatic carboxylic acids is 1. The highest BCUT2D eigenvalue weighted by Gasteiger charge is 2.21. The number of hydrogen-bond donors (Lipinski definition) is 2. The van der Waals surface area contributed by atoms with E-state index in [1.165, 1.54) is 0 Å². The molecule has 4 rings (SSSR count). The van der Waals surface area contributed by atoms with Crippen LogP contribution >= 0.6 is 0 Å². The maximum atomic E-state index is 11.4. The predicted octanol–water partition coefficient (Wildman–Crippen LogP) is 2.97. The van der Waals surface area contributed by atoms with Crippen LogP contribution in [0.25, 0.3) is 0 Å². The van der Waals surface area contributed by atoms with E-state index in [9.17, 15) is 9.90 Å². The van der Waals surface area contributed by atoms with E-state index in [1.54, 1.807) is 43.8 Å². The van der Waals surface area contributed by atoms with Gasteiger partial charge in [-0.3, -0.25) is 0 Å². The van der Waals surface area contributed by atoms with Crippen LogP contribution < -0.4 is 15.0 Å². The maximum Gasteiger partial charge on any atom is 0.335 e. The summed E-state index contributed by atoms with van der Waals surface area (Å²) in [6.07, 6.45) is 3.49. The number of carboxylic acids is 1. The van der Waals surface area contributed by atoms with Crippen molar-refractivity contribution in [1.82, 2.24) is 14.9 Å². The van der Waals surface area contributed by atoms with Gasteiger partial charge in [0.25, 0.3) is 0 Å². The second kappa shape index (κ2) is 10.4. The van der Waals surface area contributed by atoms with Gasteiger partial charge in [0, 0.05) is 44.3 Å². The van der Waals surface area contributed by atoms with Crippen LogP contribution in [0, 0.1) is 0 Å². The van der Waals surface area contributed by atoms with Gasteiger partial charge in [0.2, 0.25) is 5.95 Å². The first-order valence-electron chi connectivity index (χ1n) is 10.7. The van der Waals surface area contributed by atoms with Crippen molar-refractivity contribution in [2.45, 2.75) is 6.54 Å². The van der Waals surface area contributed by atoms with E-state index < -0.39 is 5.97 Å². The lowest BCUT2D eigenvalue weighted by Gasteiger charge is -2.36. The summed E-state index contributed by atoms with van der Waals surface area (Å²) in [5.41, 5.74) is 1.91. The highest BCUT2D eigenvalue weighted by molar-refractivity contribution is 5.96. The Balaban J connectivity index is 1.53. The number of carbonyl (C=O) groups is 1. The number of aromatic nitrogens is 2. The summed E-state index contributed by atoms with van der Waals surface area (Å²) in [5.74, 6) is 1.22. The molecule has 0 atom stereocenters. The van der Waals surface area contributed by atoms with Crippen molar-refractivity contribution >= 4 is 23.6 Å². The van der Waals surface area contributed by atoms with E-state index in [0.29, 0.717) is 24.1 Å². The van der Waals surface area contributed by atoms with E-state index in [-0.39, 0.29) is 5.56 Å². The molecule has 2 N–H and O–H groups in total. The Bertz CT molecular complexity index is 1110. The van der Waals surface area contributed by atoms with Crippen molar-refractivity contribution in [3.05, 3.63) is 78.1 Å². The van der Waals surface area contributed by atoms with Crippen LogP contribution in [-0.4, -0.2) is 65.2 Å². The summed E-state index contributed by atoms with van der Waals surface area (Å²) in [6.45, 7) is 3.40. The van der Waals surface area contributed by atoms with Gasteiger partial charge in [0.05, 0.1) is 19.2 Å². The quantitative estimate of drug-likeness (QED) is 0.440. The molecule has 1 fully saturated rings. The molecule has 2 aromatic carbocycles. The smallest absolute Gasteiger partial charge is 0.335 e. The molecule has 170 valence electrons. The first-order chi connectivity index (χ1) is 16.1. The zero-order valence-electron chi connectivity index (χ0n) is 18.4. The van der Waals surface area contributed by atoms with Crippen LogP contribution in [0.2, 0.25) is 0 Å². The number of anilines is 2. The van der Waals surface area contributed by atoms with Gasteiger partial charge in [-0.15, -0.1) is 0 Å². The minimum Gasteiger partial charge on any atom is -0.497 e. The number of hydrogen-bond acceptors (Lipinski definition) is 6. The number of methoxy groups -OCH3 is 1. The first-order valence-corrected chi connectivity index (χ1v) is 10.7. The molecule has 1 saturated heterocycles. The lowest BCUT2D eigenvalue weighted by molar-refractivity contribution is 0.0697. The minimum absolute atomic E-state index is 0.221. The van der Waals surface area contributed by atoms with Gasteiger partial charge in [0.1, 0.15) is 5.75 Å². The van der Waals surface area contributed by atoms with E-state index >= 15 is 0 Å². The van der Waals surface area contributed by atoms with Crippen molar-refractivity contribution < 1.29 is 14.6 Å². The van der Waals surface area contributed by atoms with Gasteiger partial charge in [-0.25, -0.2) is 19.8 Å². The molecule has 1 aromatic heterocycles. The summed E-state index contributed by atoms with van der Waals surface area (Å²) in [7, 11) is 1.64. The molecule has 33 heavy (non-hydrogen) atoms. The highest BCUT2D eigenvalue weighted by atomic mass is 16.5. The Morgan fingerprint density at radius 2 is 1.82 bits per heavy atom. The van der Waals surface area contributed by atoms with Gasteiger partial charge in [-0.1, -0.05) is 18.2 Å². The number of aliphatic imine (C=N–C) groups is 1.